The van der Waals surface area contributed by atoms with Gasteiger partial charge in [0.2, 0.25) is 0 Å². The zero-order valence-electron chi connectivity index (χ0n) is 12.2. The van der Waals surface area contributed by atoms with Gasteiger partial charge in [-0.3, -0.25) is 4.79 Å². The van der Waals surface area contributed by atoms with Crippen molar-refractivity contribution in [2.45, 2.75) is 6.36 Å². The van der Waals surface area contributed by atoms with E-state index < -0.39 is 18.0 Å². The van der Waals surface area contributed by atoms with Gasteiger partial charge in [0.1, 0.15) is 19.0 Å². The first-order valence-corrected chi connectivity index (χ1v) is 6.97. The van der Waals surface area contributed by atoms with Crippen molar-refractivity contribution >= 4 is 11.6 Å². The summed E-state index contributed by atoms with van der Waals surface area (Å²) >= 11 is 0. The molecular weight excluding hydrogens is 327 g/mol. The second-order valence-electron chi connectivity index (χ2n) is 4.89. The van der Waals surface area contributed by atoms with Gasteiger partial charge in [0, 0.05) is 17.3 Å². The molecule has 126 valence electrons. The average Bonchev–Trinajstić information content (AvgIpc) is 2.53. The molecule has 0 unspecified atom stereocenters. The second kappa shape index (κ2) is 6.31. The third-order valence-corrected chi connectivity index (χ3v) is 3.13. The lowest BCUT2D eigenvalue weighted by Crippen LogP contribution is -2.18. The highest BCUT2D eigenvalue weighted by atomic mass is 19.4. The standard InChI is InChI=1S/C16H12F3NO4/c17-16(18,19)24-12-3-1-2-11(9-12)20-15(21)10-4-5-13-14(8-10)23-7-6-22-13/h1-5,8-9H,6-7H2,(H,20,21). The lowest BCUT2D eigenvalue weighted by atomic mass is 10.1. The molecule has 0 fully saturated rings. The molecule has 0 radical (unpaired) electrons. The molecule has 1 aliphatic heterocycles. The fourth-order valence-electron chi connectivity index (χ4n) is 2.16. The van der Waals surface area contributed by atoms with Crippen molar-refractivity contribution in [3.05, 3.63) is 48.0 Å². The van der Waals surface area contributed by atoms with Crippen LogP contribution in [0, 0.1) is 0 Å². The van der Waals surface area contributed by atoms with Crippen molar-refractivity contribution in [2.75, 3.05) is 18.5 Å². The molecule has 0 saturated heterocycles. The molecule has 0 aromatic heterocycles. The van der Waals surface area contributed by atoms with Gasteiger partial charge >= 0.3 is 6.36 Å². The summed E-state index contributed by atoms with van der Waals surface area (Å²) in [7, 11) is 0. The summed E-state index contributed by atoms with van der Waals surface area (Å²) < 4.78 is 51.2. The Morgan fingerprint density at radius 1 is 1.04 bits per heavy atom. The van der Waals surface area contributed by atoms with Gasteiger partial charge in [-0.05, 0) is 30.3 Å². The summed E-state index contributed by atoms with van der Waals surface area (Å²) in [4.78, 5) is 12.2. The number of anilines is 1. The van der Waals surface area contributed by atoms with Crippen LogP contribution in [0.5, 0.6) is 17.2 Å². The molecule has 0 saturated carbocycles. The molecular formula is C16H12F3NO4. The van der Waals surface area contributed by atoms with Crippen molar-refractivity contribution < 1.29 is 32.2 Å². The number of hydrogen-bond donors (Lipinski definition) is 1. The van der Waals surface area contributed by atoms with E-state index in [4.69, 9.17) is 9.47 Å². The van der Waals surface area contributed by atoms with Crippen molar-refractivity contribution in [3.8, 4) is 17.2 Å². The van der Waals surface area contributed by atoms with Crippen LogP contribution in [0.25, 0.3) is 0 Å². The highest BCUT2D eigenvalue weighted by molar-refractivity contribution is 6.04. The number of carbonyl (C=O) groups is 1. The van der Waals surface area contributed by atoms with Gasteiger partial charge in [-0.15, -0.1) is 13.2 Å². The fourth-order valence-corrected chi connectivity index (χ4v) is 2.16. The van der Waals surface area contributed by atoms with Crippen LogP contribution in [0.4, 0.5) is 18.9 Å². The van der Waals surface area contributed by atoms with E-state index in [-0.39, 0.29) is 5.69 Å². The summed E-state index contributed by atoms with van der Waals surface area (Å²) in [6, 6.07) is 9.70. The van der Waals surface area contributed by atoms with Gasteiger partial charge < -0.3 is 19.5 Å². The third-order valence-electron chi connectivity index (χ3n) is 3.13. The quantitative estimate of drug-likeness (QED) is 0.928. The molecule has 24 heavy (non-hydrogen) atoms. The summed E-state index contributed by atoms with van der Waals surface area (Å²) in [5, 5.41) is 2.51. The molecule has 1 amide bonds. The Morgan fingerprint density at radius 2 is 1.79 bits per heavy atom. The SMILES string of the molecule is O=C(Nc1cccc(OC(F)(F)F)c1)c1ccc2c(c1)OCCO2. The molecule has 1 N–H and O–H groups in total. The first-order valence-electron chi connectivity index (χ1n) is 6.97. The number of halogens is 3. The minimum absolute atomic E-state index is 0.177. The molecule has 8 heteroatoms. The molecule has 1 heterocycles. The van der Waals surface area contributed by atoms with Crippen molar-refractivity contribution in [1.82, 2.24) is 0 Å². The summed E-state index contributed by atoms with van der Waals surface area (Å²) in [6.45, 7) is 0.819. The van der Waals surface area contributed by atoms with E-state index in [2.05, 4.69) is 10.1 Å². The number of carbonyl (C=O) groups excluding carboxylic acids is 1. The van der Waals surface area contributed by atoms with E-state index >= 15 is 0 Å². The normalized spacial score (nSPS) is 13.3. The molecule has 0 atom stereocenters. The number of hydrogen-bond acceptors (Lipinski definition) is 4. The van der Waals surface area contributed by atoms with Gasteiger partial charge in [0.25, 0.3) is 5.91 Å². The molecule has 0 spiro atoms. The monoisotopic (exact) mass is 339 g/mol. The van der Waals surface area contributed by atoms with E-state index in [0.717, 1.165) is 12.1 Å². The molecule has 5 nitrogen and oxygen atoms in total. The lowest BCUT2D eigenvalue weighted by molar-refractivity contribution is -0.274. The van der Waals surface area contributed by atoms with Crippen LogP contribution in [0.1, 0.15) is 10.4 Å². The maximum absolute atomic E-state index is 12.2. The van der Waals surface area contributed by atoms with Gasteiger partial charge in [-0.2, -0.15) is 0 Å². The first-order chi connectivity index (χ1) is 11.4. The summed E-state index contributed by atoms with van der Waals surface area (Å²) in [5.41, 5.74) is 0.470. The number of ether oxygens (including phenoxy) is 3. The highest BCUT2D eigenvalue weighted by Gasteiger charge is 2.31. The number of amides is 1. The van der Waals surface area contributed by atoms with Crippen LogP contribution in [-0.2, 0) is 0 Å². The molecule has 0 aliphatic carbocycles. The van der Waals surface area contributed by atoms with Crippen LogP contribution in [-0.4, -0.2) is 25.5 Å². The largest absolute Gasteiger partial charge is 0.573 e. The Bertz CT molecular complexity index is 761. The van der Waals surface area contributed by atoms with Crippen molar-refractivity contribution in [3.63, 3.8) is 0 Å². The van der Waals surface area contributed by atoms with E-state index in [1.807, 2.05) is 0 Å². The number of alkyl halides is 3. The number of fused-ring (bicyclic) bond motifs is 1. The van der Waals surface area contributed by atoms with Crippen LogP contribution in [0.2, 0.25) is 0 Å². The predicted octanol–water partition coefficient (Wildman–Crippen LogP) is 3.61. The highest BCUT2D eigenvalue weighted by Crippen LogP contribution is 2.31. The van der Waals surface area contributed by atoms with Gasteiger partial charge in [-0.1, -0.05) is 6.07 Å². The minimum atomic E-state index is -4.79. The van der Waals surface area contributed by atoms with Crippen LogP contribution in [0.15, 0.2) is 42.5 Å². The zero-order valence-corrected chi connectivity index (χ0v) is 12.2. The van der Waals surface area contributed by atoms with Gasteiger partial charge in [0.05, 0.1) is 0 Å². The zero-order chi connectivity index (χ0) is 17.2. The third kappa shape index (κ3) is 3.89. The Hall–Kier alpha value is -2.90. The van der Waals surface area contributed by atoms with E-state index in [1.165, 1.54) is 18.2 Å². The molecule has 2 aromatic rings. The Kier molecular flexibility index (Phi) is 4.20. The van der Waals surface area contributed by atoms with Crippen LogP contribution >= 0.6 is 0 Å². The van der Waals surface area contributed by atoms with Crippen molar-refractivity contribution in [2.24, 2.45) is 0 Å². The maximum atomic E-state index is 12.2. The van der Waals surface area contributed by atoms with Gasteiger partial charge in [-0.25, -0.2) is 0 Å². The van der Waals surface area contributed by atoms with Gasteiger partial charge in [0.15, 0.2) is 11.5 Å². The second-order valence-corrected chi connectivity index (χ2v) is 4.89. The molecule has 2 aromatic carbocycles. The molecule has 0 bridgehead atoms. The fraction of sp³-hybridized carbons (Fsp3) is 0.188. The Labute approximate surface area is 134 Å². The smallest absolute Gasteiger partial charge is 0.486 e. The van der Waals surface area contributed by atoms with Crippen molar-refractivity contribution in [1.29, 1.82) is 0 Å². The maximum Gasteiger partial charge on any atom is 0.573 e. The molecule has 1 aliphatic rings. The Morgan fingerprint density at radius 3 is 2.54 bits per heavy atom. The first kappa shape index (κ1) is 16.0. The van der Waals surface area contributed by atoms with E-state index in [1.54, 1.807) is 12.1 Å². The summed E-state index contributed by atoms with van der Waals surface area (Å²) in [6.07, 6.45) is -4.79. The van der Waals surface area contributed by atoms with Crippen LogP contribution in [0.3, 0.4) is 0 Å². The van der Waals surface area contributed by atoms with E-state index in [0.29, 0.717) is 30.3 Å². The minimum Gasteiger partial charge on any atom is -0.486 e. The molecule has 3 rings (SSSR count). The lowest BCUT2D eigenvalue weighted by Gasteiger charge is -2.18. The summed E-state index contributed by atoms with van der Waals surface area (Å²) in [5.74, 6) is 0.0834. The Balaban J connectivity index is 1.74. The number of nitrogens with one attached hydrogen (secondary N) is 1. The topological polar surface area (TPSA) is 56.8 Å². The predicted molar refractivity (Wildman–Crippen MR) is 78.5 cm³/mol. The number of rotatable bonds is 3. The van der Waals surface area contributed by atoms with E-state index in [9.17, 15) is 18.0 Å². The average molecular weight is 339 g/mol. The van der Waals surface area contributed by atoms with Crippen LogP contribution < -0.4 is 19.5 Å². The number of benzene rings is 2.